The van der Waals surface area contributed by atoms with Crippen molar-refractivity contribution in [2.24, 2.45) is 0 Å². The molecule has 0 atom stereocenters. The van der Waals surface area contributed by atoms with Crippen LogP contribution in [0.15, 0.2) is 42.5 Å². The number of halogens is 1. The number of nitrogens with one attached hydrogen (secondary N) is 2. The number of rotatable bonds is 6. The Labute approximate surface area is 144 Å². The fourth-order valence-electron chi connectivity index (χ4n) is 2.68. The first-order valence-electron chi connectivity index (χ1n) is 7.88. The predicted octanol–water partition coefficient (Wildman–Crippen LogP) is 3.30. The molecular weight excluding hydrogens is 323 g/mol. The zero-order valence-corrected chi connectivity index (χ0v) is 14.1. The Morgan fingerprint density at radius 2 is 1.88 bits per heavy atom. The first-order valence-corrected chi connectivity index (χ1v) is 7.88. The van der Waals surface area contributed by atoms with E-state index in [-0.39, 0.29) is 11.7 Å². The molecule has 3 aromatic rings. The molecule has 1 aromatic heterocycles. The molecular formula is C19H19FN2O3. The van der Waals surface area contributed by atoms with Gasteiger partial charge < -0.3 is 19.8 Å². The number of carbonyl (C=O) groups excluding carboxylic acids is 1. The minimum atomic E-state index is -0.327. The van der Waals surface area contributed by atoms with Crippen molar-refractivity contribution in [2.45, 2.75) is 6.42 Å². The van der Waals surface area contributed by atoms with Gasteiger partial charge in [-0.2, -0.15) is 0 Å². The van der Waals surface area contributed by atoms with E-state index in [0.29, 0.717) is 35.5 Å². The van der Waals surface area contributed by atoms with Gasteiger partial charge in [-0.25, -0.2) is 4.39 Å². The second kappa shape index (κ2) is 7.25. The molecule has 0 aliphatic carbocycles. The van der Waals surface area contributed by atoms with Crippen molar-refractivity contribution in [3.8, 4) is 11.5 Å². The van der Waals surface area contributed by atoms with Gasteiger partial charge in [0.25, 0.3) is 5.91 Å². The molecule has 0 radical (unpaired) electrons. The van der Waals surface area contributed by atoms with E-state index >= 15 is 0 Å². The number of aromatic amines is 1. The maximum absolute atomic E-state index is 13.2. The highest BCUT2D eigenvalue weighted by atomic mass is 19.1. The summed E-state index contributed by atoms with van der Waals surface area (Å²) in [5.74, 6) is 0.772. The van der Waals surface area contributed by atoms with Crippen molar-refractivity contribution in [1.82, 2.24) is 10.3 Å². The molecule has 130 valence electrons. The van der Waals surface area contributed by atoms with Gasteiger partial charge in [0.15, 0.2) is 11.5 Å². The standard InChI is InChI=1S/C19H19FN2O3/c1-24-17-6-3-12(9-18(17)25-2)7-8-21-19(23)16-11-13-10-14(20)4-5-15(13)22-16/h3-6,9-11,22H,7-8H2,1-2H3,(H,21,23). The van der Waals surface area contributed by atoms with E-state index in [1.54, 1.807) is 26.4 Å². The first-order chi connectivity index (χ1) is 12.1. The predicted molar refractivity (Wildman–Crippen MR) is 93.8 cm³/mol. The van der Waals surface area contributed by atoms with Gasteiger partial charge in [-0.1, -0.05) is 6.07 Å². The maximum atomic E-state index is 13.2. The van der Waals surface area contributed by atoms with Gasteiger partial charge in [-0.3, -0.25) is 4.79 Å². The van der Waals surface area contributed by atoms with E-state index in [1.165, 1.54) is 12.1 Å². The Kier molecular flexibility index (Phi) is 4.88. The number of hydrogen-bond donors (Lipinski definition) is 2. The smallest absolute Gasteiger partial charge is 0.267 e. The number of methoxy groups -OCH3 is 2. The van der Waals surface area contributed by atoms with E-state index < -0.39 is 0 Å². The highest BCUT2D eigenvalue weighted by Crippen LogP contribution is 2.27. The van der Waals surface area contributed by atoms with Crippen LogP contribution in [0.4, 0.5) is 4.39 Å². The number of amides is 1. The highest BCUT2D eigenvalue weighted by Gasteiger charge is 2.10. The minimum Gasteiger partial charge on any atom is -0.493 e. The van der Waals surface area contributed by atoms with Crippen molar-refractivity contribution < 1.29 is 18.7 Å². The third-order valence-corrected chi connectivity index (χ3v) is 3.97. The highest BCUT2D eigenvalue weighted by molar-refractivity contribution is 5.97. The van der Waals surface area contributed by atoms with Gasteiger partial charge in [0, 0.05) is 17.4 Å². The van der Waals surface area contributed by atoms with Crippen LogP contribution in [0, 0.1) is 5.82 Å². The summed E-state index contributed by atoms with van der Waals surface area (Å²) in [6.07, 6.45) is 0.654. The molecule has 0 fully saturated rings. The average Bonchev–Trinajstić information content (AvgIpc) is 3.04. The summed E-state index contributed by atoms with van der Waals surface area (Å²) in [5.41, 5.74) is 2.16. The minimum absolute atomic E-state index is 0.225. The number of fused-ring (bicyclic) bond motifs is 1. The Hall–Kier alpha value is -3.02. The lowest BCUT2D eigenvalue weighted by atomic mass is 10.1. The van der Waals surface area contributed by atoms with Crippen molar-refractivity contribution >= 4 is 16.8 Å². The molecule has 6 heteroatoms. The molecule has 1 amide bonds. The third-order valence-electron chi connectivity index (χ3n) is 3.97. The normalized spacial score (nSPS) is 10.7. The van der Waals surface area contributed by atoms with Crippen LogP contribution in [0.2, 0.25) is 0 Å². The molecule has 0 saturated heterocycles. The topological polar surface area (TPSA) is 63.3 Å². The second-order valence-electron chi connectivity index (χ2n) is 5.61. The first kappa shape index (κ1) is 16.8. The molecule has 5 nitrogen and oxygen atoms in total. The third kappa shape index (κ3) is 3.74. The second-order valence-corrected chi connectivity index (χ2v) is 5.61. The summed E-state index contributed by atoms with van der Waals surface area (Å²) in [4.78, 5) is 15.2. The zero-order chi connectivity index (χ0) is 17.8. The van der Waals surface area contributed by atoms with Gasteiger partial charge >= 0.3 is 0 Å². The van der Waals surface area contributed by atoms with E-state index in [0.717, 1.165) is 11.1 Å². The van der Waals surface area contributed by atoms with Crippen LogP contribution < -0.4 is 14.8 Å². The molecule has 0 saturated carbocycles. The van der Waals surface area contributed by atoms with Crippen LogP contribution >= 0.6 is 0 Å². The molecule has 0 aliphatic rings. The van der Waals surface area contributed by atoms with Crippen molar-refractivity contribution in [2.75, 3.05) is 20.8 Å². The molecule has 0 aliphatic heterocycles. The van der Waals surface area contributed by atoms with Gasteiger partial charge in [0.1, 0.15) is 11.5 Å². The van der Waals surface area contributed by atoms with E-state index in [4.69, 9.17) is 9.47 Å². The lowest BCUT2D eigenvalue weighted by Crippen LogP contribution is -2.25. The fraction of sp³-hybridized carbons (Fsp3) is 0.211. The Bertz CT molecular complexity index is 905. The fourth-order valence-corrected chi connectivity index (χ4v) is 2.68. The molecule has 3 rings (SSSR count). The summed E-state index contributed by atoms with van der Waals surface area (Å²) in [6.45, 7) is 0.470. The van der Waals surface area contributed by atoms with Crippen molar-refractivity contribution in [1.29, 1.82) is 0 Å². The van der Waals surface area contributed by atoms with Crippen LogP contribution in [0.5, 0.6) is 11.5 Å². The Morgan fingerprint density at radius 3 is 2.64 bits per heavy atom. The SMILES string of the molecule is COc1ccc(CCNC(=O)c2cc3cc(F)ccc3[nH]2)cc1OC. The molecule has 0 unspecified atom stereocenters. The Morgan fingerprint density at radius 1 is 1.08 bits per heavy atom. The van der Waals surface area contributed by atoms with E-state index in [9.17, 15) is 9.18 Å². The van der Waals surface area contributed by atoms with Gasteiger partial charge in [0.05, 0.1) is 14.2 Å². The largest absolute Gasteiger partial charge is 0.493 e. The lowest BCUT2D eigenvalue weighted by molar-refractivity contribution is 0.0950. The van der Waals surface area contributed by atoms with E-state index in [2.05, 4.69) is 10.3 Å². The molecule has 2 aromatic carbocycles. The molecule has 1 heterocycles. The number of benzene rings is 2. The number of hydrogen-bond acceptors (Lipinski definition) is 3. The summed E-state index contributed by atoms with van der Waals surface area (Å²) in [5, 5.41) is 3.52. The summed E-state index contributed by atoms with van der Waals surface area (Å²) >= 11 is 0. The van der Waals surface area contributed by atoms with Crippen LogP contribution in [0.3, 0.4) is 0 Å². The van der Waals surface area contributed by atoms with Crippen molar-refractivity contribution in [3.05, 3.63) is 59.5 Å². The molecule has 2 N–H and O–H groups in total. The van der Waals surface area contributed by atoms with Crippen LogP contribution in [0.25, 0.3) is 10.9 Å². The molecule has 0 spiro atoms. The van der Waals surface area contributed by atoms with Gasteiger partial charge in [-0.15, -0.1) is 0 Å². The number of H-pyrrole nitrogens is 1. The van der Waals surface area contributed by atoms with Crippen LogP contribution in [0.1, 0.15) is 16.1 Å². The van der Waals surface area contributed by atoms with Crippen LogP contribution in [-0.2, 0) is 6.42 Å². The van der Waals surface area contributed by atoms with Gasteiger partial charge in [-0.05, 0) is 48.4 Å². The lowest BCUT2D eigenvalue weighted by Gasteiger charge is -2.10. The summed E-state index contributed by atoms with van der Waals surface area (Å²) in [7, 11) is 3.17. The molecule has 25 heavy (non-hydrogen) atoms. The zero-order valence-electron chi connectivity index (χ0n) is 14.1. The van der Waals surface area contributed by atoms with E-state index in [1.807, 2.05) is 18.2 Å². The molecule has 0 bridgehead atoms. The number of aromatic nitrogens is 1. The average molecular weight is 342 g/mol. The summed E-state index contributed by atoms with van der Waals surface area (Å²) < 4.78 is 23.7. The Balaban J connectivity index is 1.62. The summed E-state index contributed by atoms with van der Waals surface area (Å²) in [6, 6.07) is 11.7. The number of carbonyl (C=O) groups is 1. The number of ether oxygens (including phenoxy) is 2. The quantitative estimate of drug-likeness (QED) is 0.722. The van der Waals surface area contributed by atoms with Crippen molar-refractivity contribution in [3.63, 3.8) is 0 Å². The van der Waals surface area contributed by atoms with Crippen LogP contribution in [-0.4, -0.2) is 31.7 Å². The van der Waals surface area contributed by atoms with Gasteiger partial charge in [0.2, 0.25) is 0 Å². The maximum Gasteiger partial charge on any atom is 0.267 e. The monoisotopic (exact) mass is 342 g/mol.